The highest BCUT2D eigenvalue weighted by Crippen LogP contribution is 2.16. The molecule has 1 aromatic carbocycles. The third-order valence-electron chi connectivity index (χ3n) is 2.59. The Labute approximate surface area is 114 Å². The molecule has 0 aliphatic heterocycles. The highest BCUT2D eigenvalue weighted by Gasteiger charge is 1.95. The van der Waals surface area contributed by atoms with E-state index < -0.39 is 0 Å². The van der Waals surface area contributed by atoms with E-state index in [1.54, 1.807) is 7.11 Å². The molecule has 0 atom stereocenters. The van der Waals surface area contributed by atoms with Crippen LogP contribution in [0.25, 0.3) is 0 Å². The lowest BCUT2D eigenvalue weighted by atomic mass is 10.2. The molecule has 1 N–H and O–H groups in total. The Kier molecular flexibility index (Phi) is 8.43. The van der Waals surface area contributed by atoms with Gasteiger partial charge in [0.25, 0.3) is 0 Å². The van der Waals surface area contributed by atoms with Crippen LogP contribution in [0.2, 0.25) is 0 Å². The van der Waals surface area contributed by atoms with Crippen LogP contribution in [0.1, 0.15) is 19.3 Å². The molecule has 0 bridgehead atoms. The molecule has 0 aliphatic rings. The van der Waals surface area contributed by atoms with Gasteiger partial charge in [-0.05, 0) is 43.7 Å². The molecule has 0 spiro atoms. The van der Waals surface area contributed by atoms with Crippen LogP contribution in [0, 0.1) is 0 Å². The molecule has 4 heteroatoms. The molecule has 0 radical (unpaired) electrons. The maximum atomic E-state index is 5.60. The normalized spacial score (nSPS) is 10.3. The Morgan fingerprint density at radius 3 is 2.39 bits per heavy atom. The first-order valence-corrected chi connectivity index (χ1v) is 6.94. The van der Waals surface area contributed by atoms with Crippen molar-refractivity contribution in [3.05, 3.63) is 24.3 Å². The average Bonchev–Trinajstić information content (AvgIpc) is 2.42. The number of nitrogens with one attached hydrogen (secondary N) is 1. The monoisotopic (exact) mass is 271 g/mol. The molecule has 0 saturated carbocycles. The SMILES string of the molecule is COc1ccc(OCCNCCCCCCl)cc1. The molecule has 18 heavy (non-hydrogen) atoms. The molecule has 0 amide bonds. The van der Waals surface area contributed by atoms with Gasteiger partial charge in [0, 0.05) is 12.4 Å². The summed E-state index contributed by atoms with van der Waals surface area (Å²) in [6.07, 6.45) is 3.47. The zero-order valence-electron chi connectivity index (χ0n) is 11.0. The second-order valence-corrected chi connectivity index (χ2v) is 4.40. The molecule has 0 unspecified atom stereocenters. The van der Waals surface area contributed by atoms with Crippen molar-refractivity contribution >= 4 is 11.6 Å². The molecule has 0 saturated heterocycles. The summed E-state index contributed by atoms with van der Waals surface area (Å²) in [5.74, 6) is 2.49. The minimum Gasteiger partial charge on any atom is -0.497 e. The Balaban J connectivity index is 2.00. The summed E-state index contributed by atoms with van der Waals surface area (Å²) in [5.41, 5.74) is 0. The lowest BCUT2D eigenvalue weighted by Gasteiger charge is -2.08. The number of ether oxygens (including phenoxy) is 2. The van der Waals surface area contributed by atoms with Crippen LogP contribution in [0.15, 0.2) is 24.3 Å². The smallest absolute Gasteiger partial charge is 0.119 e. The topological polar surface area (TPSA) is 30.5 Å². The van der Waals surface area contributed by atoms with Gasteiger partial charge in [0.05, 0.1) is 7.11 Å². The predicted octanol–water partition coefficient (Wildman–Crippen LogP) is 3.07. The van der Waals surface area contributed by atoms with Gasteiger partial charge in [-0.25, -0.2) is 0 Å². The molecule has 1 aromatic rings. The van der Waals surface area contributed by atoms with Gasteiger partial charge < -0.3 is 14.8 Å². The van der Waals surface area contributed by atoms with Gasteiger partial charge in [0.1, 0.15) is 18.1 Å². The lowest BCUT2D eigenvalue weighted by molar-refractivity contribution is 0.313. The van der Waals surface area contributed by atoms with Gasteiger partial charge >= 0.3 is 0 Å². The van der Waals surface area contributed by atoms with Crippen LogP contribution in [-0.2, 0) is 0 Å². The zero-order valence-corrected chi connectivity index (χ0v) is 11.7. The Morgan fingerprint density at radius 1 is 1.00 bits per heavy atom. The summed E-state index contributed by atoms with van der Waals surface area (Å²) in [7, 11) is 1.66. The van der Waals surface area contributed by atoms with Crippen LogP contribution in [0.5, 0.6) is 11.5 Å². The Hall–Kier alpha value is -0.930. The fraction of sp³-hybridized carbons (Fsp3) is 0.571. The molecule has 1 rings (SSSR count). The summed E-state index contributed by atoms with van der Waals surface area (Å²) in [6, 6.07) is 7.63. The van der Waals surface area contributed by atoms with Crippen molar-refractivity contribution in [1.82, 2.24) is 5.32 Å². The maximum Gasteiger partial charge on any atom is 0.119 e. The predicted molar refractivity (Wildman–Crippen MR) is 75.9 cm³/mol. The first-order valence-electron chi connectivity index (χ1n) is 6.40. The van der Waals surface area contributed by atoms with Crippen LogP contribution < -0.4 is 14.8 Å². The van der Waals surface area contributed by atoms with Gasteiger partial charge in [-0.1, -0.05) is 6.42 Å². The second-order valence-electron chi connectivity index (χ2n) is 4.02. The minimum atomic E-state index is 0.682. The molecule has 0 fully saturated rings. The van der Waals surface area contributed by atoms with Crippen molar-refractivity contribution in [2.45, 2.75) is 19.3 Å². The van der Waals surface area contributed by atoms with Crippen LogP contribution in [0.4, 0.5) is 0 Å². The first kappa shape index (κ1) is 15.1. The Morgan fingerprint density at radius 2 is 1.72 bits per heavy atom. The summed E-state index contributed by atoms with van der Waals surface area (Å²) in [4.78, 5) is 0. The molecule has 3 nitrogen and oxygen atoms in total. The number of alkyl halides is 1. The van der Waals surface area contributed by atoms with E-state index in [1.807, 2.05) is 24.3 Å². The standard InChI is InChI=1S/C14H22ClNO2/c1-17-13-5-7-14(8-6-13)18-12-11-16-10-4-2-3-9-15/h5-8,16H,2-4,9-12H2,1H3. The Bertz CT molecular complexity index is 303. The van der Waals surface area contributed by atoms with Crippen LogP contribution in [0.3, 0.4) is 0 Å². The van der Waals surface area contributed by atoms with E-state index in [0.29, 0.717) is 6.61 Å². The number of unbranched alkanes of at least 4 members (excludes halogenated alkanes) is 2. The molecular formula is C14H22ClNO2. The lowest BCUT2D eigenvalue weighted by Crippen LogP contribution is -2.22. The van der Waals surface area contributed by atoms with Crippen molar-refractivity contribution in [3.63, 3.8) is 0 Å². The van der Waals surface area contributed by atoms with E-state index >= 15 is 0 Å². The number of benzene rings is 1. The number of halogens is 1. The molecular weight excluding hydrogens is 250 g/mol. The van der Waals surface area contributed by atoms with Crippen molar-refractivity contribution in [2.24, 2.45) is 0 Å². The van der Waals surface area contributed by atoms with Gasteiger partial charge in [0.2, 0.25) is 0 Å². The third kappa shape index (κ3) is 6.72. The molecule has 0 aliphatic carbocycles. The number of hydrogen-bond acceptors (Lipinski definition) is 3. The van der Waals surface area contributed by atoms with E-state index in [1.165, 1.54) is 12.8 Å². The quantitative estimate of drug-likeness (QED) is 0.524. The van der Waals surface area contributed by atoms with E-state index in [9.17, 15) is 0 Å². The van der Waals surface area contributed by atoms with Gasteiger partial charge in [-0.3, -0.25) is 0 Å². The fourth-order valence-electron chi connectivity index (χ4n) is 1.56. The van der Waals surface area contributed by atoms with Gasteiger partial charge in [0.15, 0.2) is 0 Å². The third-order valence-corrected chi connectivity index (χ3v) is 2.86. The highest BCUT2D eigenvalue weighted by molar-refractivity contribution is 6.17. The highest BCUT2D eigenvalue weighted by atomic mass is 35.5. The molecule has 0 aromatic heterocycles. The van der Waals surface area contributed by atoms with Gasteiger partial charge in [-0.15, -0.1) is 11.6 Å². The van der Waals surface area contributed by atoms with Crippen molar-refractivity contribution in [2.75, 3.05) is 32.7 Å². The van der Waals surface area contributed by atoms with Crippen LogP contribution in [-0.4, -0.2) is 32.7 Å². The first-order chi connectivity index (χ1) is 8.86. The van der Waals surface area contributed by atoms with E-state index in [-0.39, 0.29) is 0 Å². The van der Waals surface area contributed by atoms with Gasteiger partial charge in [-0.2, -0.15) is 0 Å². The van der Waals surface area contributed by atoms with Crippen molar-refractivity contribution in [1.29, 1.82) is 0 Å². The fourth-order valence-corrected chi connectivity index (χ4v) is 1.75. The number of hydrogen-bond donors (Lipinski definition) is 1. The summed E-state index contributed by atoms with van der Waals surface area (Å²) in [5, 5.41) is 3.34. The van der Waals surface area contributed by atoms with E-state index in [0.717, 1.165) is 36.9 Å². The molecule has 102 valence electrons. The minimum absolute atomic E-state index is 0.682. The average molecular weight is 272 g/mol. The van der Waals surface area contributed by atoms with Crippen molar-refractivity contribution < 1.29 is 9.47 Å². The number of methoxy groups -OCH3 is 1. The zero-order chi connectivity index (χ0) is 13.1. The van der Waals surface area contributed by atoms with E-state index in [2.05, 4.69) is 5.32 Å². The number of rotatable bonds is 10. The second kappa shape index (κ2) is 10.0. The summed E-state index contributed by atoms with van der Waals surface area (Å²) in [6.45, 7) is 2.58. The maximum absolute atomic E-state index is 5.60. The summed E-state index contributed by atoms with van der Waals surface area (Å²) < 4.78 is 10.7. The van der Waals surface area contributed by atoms with Crippen LogP contribution >= 0.6 is 11.6 Å². The largest absolute Gasteiger partial charge is 0.497 e. The molecule has 0 heterocycles. The summed E-state index contributed by atoms with van der Waals surface area (Å²) >= 11 is 5.60. The van der Waals surface area contributed by atoms with Crippen molar-refractivity contribution in [3.8, 4) is 11.5 Å². The van der Waals surface area contributed by atoms with E-state index in [4.69, 9.17) is 21.1 Å².